The molecule has 0 spiro atoms. The molecule has 1 heterocycles. The van der Waals surface area contributed by atoms with Gasteiger partial charge in [-0.05, 0) is 6.42 Å². The molecule has 11 heavy (non-hydrogen) atoms. The third-order valence-electron chi connectivity index (χ3n) is 1.37. The minimum absolute atomic E-state index is 0.202. The molecule has 1 aliphatic heterocycles. The molecule has 0 saturated carbocycles. The van der Waals surface area contributed by atoms with Crippen LogP contribution in [0.15, 0.2) is 0 Å². The molecule has 5 nitrogen and oxygen atoms in total. The molecule has 0 aromatic carbocycles. The number of amides is 1. The first-order chi connectivity index (χ1) is 5.24. The number of nitrogens with zero attached hydrogens (tertiary/aromatic N) is 1. The van der Waals surface area contributed by atoms with Gasteiger partial charge in [0.2, 0.25) is 0 Å². The van der Waals surface area contributed by atoms with Crippen LogP contribution in [0.5, 0.6) is 0 Å². The monoisotopic (exact) mass is 159 g/mol. The number of hydrogen-bond acceptors (Lipinski definition) is 4. The van der Waals surface area contributed by atoms with Crippen molar-refractivity contribution in [3.8, 4) is 0 Å². The van der Waals surface area contributed by atoms with Crippen molar-refractivity contribution in [3.05, 3.63) is 0 Å². The van der Waals surface area contributed by atoms with Crippen molar-refractivity contribution < 1.29 is 19.5 Å². The summed E-state index contributed by atoms with van der Waals surface area (Å²) in [6, 6.07) is 0. The van der Waals surface area contributed by atoms with Gasteiger partial charge in [0, 0.05) is 6.42 Å². The summed E-state index contributed by atoms with van der Waals surface area (Å²) in [6.07, 6.45) is 1.12. The summed E-state index contributed by atoms with van der Waals surface area (Å²) in [7, 11) is 0. The molecule has 1 fully saturated rings. The molecule has 62 valence electrons. The van der Waals surface area contributed by atoms with Crippen LogP contribution >= 0.6 is 0 Å². The molecule has 1 saturated heterocycles. The fraction of sp³-hybridized carbons (Fsp3) is 0.667. The van der Waals surface area contributed by atoms with Crippen LogP contribution in [0.25, 0.3) is 0 Å². The average Bonchev–Trinajstić information content (AvgIpc) is 2.37. The normalized spacial score (nSPS) is 17.2. The van der Waals surface area contributed by atoms with E-state index in [2.05, 4.69) is 4.84 Å². The molecule has 1 N–H and O–H groups in total. The molecule has 0 aromatic rings. The van der Waals surface area contributed by atoms with Gasteiger partial charge in [-0.1, -0.05) is 0 Å². The molecule has 1 amide bonds. The Morgan fingerprint density at radius 2 is 2.45 bits per heavy atom. The fourth-order valence-electron chi connectivity index (χ4n) is 0.872. The lowest BCUT2D eigenvalue weighted by Gasteiger charge is -2.12. The molecule has 5 heteroatoms. The Morgan fingerprint density at radius 3 is 2.91 bits per heavy atom. The number of rotatable bonds is 2. The lowest BCUT2D eigenvalue weighted by Crippen LogP contribution is -2.29. The van der Waals surface area contributed by atoms with Crippen molar-refractivity contribution in [2.45, 2.75) is 12.8 Å². The maximum Gasteiger partial charge on any atom is 0.357 e. The van der Waals surface area contributed by atoms with E-state index in [4.69, 9.17) is 5.11 Å². The zero-order chi connectivity index (χ0) is 8.27. The molecule has 0 bridgehead atoms. The first-order valence-corrected chi connectivity index (χ1v) is 3.36. The van der Waals surface area contributed by atoms with Crippen molar-refractivity contribution in [2.75, 3.05) is 13.2 Å². The predicted molar refractivity (Wildman–Crippen MR) is 34.1 cm³/mol. The molecule has 0 unspecified atom stereocenters. The number of hydrogen-bond donors (Lipinski definition) is 1. The molecule has 0 aromatic heterocycles. The highest BCUT2D eigenvalue weighted by molar-refractivity contribution is 5.79. The van der Waals surface area contributed by atoms with Crippen molar-refractivity contribution in [3.63, 3.8) is 0 Å². The predicted octanol–water partition coefficient (Wildman–Crippen LogP) is -0.941. The maximum absolute atomic E-state index is 10.8. The van der Waals surface area contributed by atoms with E-state index in [-0.39, 0.29) is 5.91 Å². The molecular weight excluding hydrogens is 150 g/mol. The zero-order valence-corrected chi connectivity index (χ0v) is 5.95. The first kappa shape index (κ1) is 8.00. The minimum atomic E-state index is -0.791. The van der Waals surface area contributed by atoms with Crippen LogP contribution in [0, 0.1) is 0 Å². The largest absolute Gasteiger partial charge is 0.385 e. The number of aliphatic hydroxyl groups excluding tert-OH is 1. The van der Waals surface area contributed by atoms with Crippen LogP contribution in [0.1, 0.15) is 12.8 Å². The van der Waals surface area contributed by atoms with E-state index in [0.717, 1.165) is 5.06 Å². The van der Waals surface area contributed by atoms with Gasteiger partial charge in [-0.15, -0.1) is 0 Å². The smallest absolute Gasteiger partial charge is 0.357 e. The summed E-state index contributed by atoms with van der Waals surface area (Å²) < 4.78 is 0. The minimum Gasteiger partial charge on any atom is -0.385 e. The van der Waals surface area contributed by atoms with Gasteiger partial charge < -0.3 is 9.94 Å². The van der Waals surface area contributed by atoms with Crippen molar-refractivity contribution in [1.82, 2.24) is 5.06 Å². The Bertz CT molecular complexity index is 179. The summed E-state index contributed by atoms with van der Waals surface area (Å²) in [5.74, 6) is -0.993. The highest BCUT2D eigenvalue weighted by atomic mass is 16.7. The Morgan fingerprint density at radius 1 is 1.73 bits per heavy atom. The molecule has 0 aliphatic carbocycles. The highest BCUT2D eigenvalue weighted by Crippen LogP contribution is 2.09. The standard InChI is InChI=1S/C6H9NO4/c8-4-6(10)11-7-3-1-2-5(7)9/h8H,1-4H2. The topological polar surface area (TPSA) is 66.8 Å². The van der Waals surface area contributed by atoms with Crippen LogP contribution in [-0.2, 0) is 14.4 Å². The lowest BCUT2D eigenvalue weighted by molar-refractivity contribution is -0.195. The van der Waals surface area contributed by atoms with Gasteiger partial charge in [-0.2, -0.15) is 5.06 Å². The maximum atomic E-state index is 10.8. The number of hydroxylamine groups is 2. The summed E-state index contributed by atoms with van der Waals surface area (Å²) in [5, 5.41) is 9.25. The molecule has 0 radical (unpaired) electrons. The highest BCUT2D eigenvalue weighted by Gasteiger charge is 2.23. The van der Waals surface area contributed by atoms with E-state index in [1.165, 1.54) is 0 Å². The molecular formula is C6H9NO4. The summed E-state index contributed by atoms with van der Waals surface area (Å²) in [5.41, 5.74) is 0. The van der Waals surface area contributed by atoms with E-state index in [9.17, 15) is 9.59 Å². The Labute approximate surface area is 63.5 Å². The van der Waals surface area contributed by atoms with E-state index in [1.54, 1.807) is 0 Å². The van der Waals surface area contributed by atoms with Gasteiger partial charge in [-0.25, -0.2) is 4.79 Å². The fourth-order valence-corrected chi connectivity index (χ4v) is 0.872. The van der Waals surface area contributed by atoms with Crippen molar-refractivity contribution in [1.29, 1.82) is 0 Å². The Hall–Kier alpha value is -1.10. The second kappa shape index (κ2) is 3.34. The van der Waals surface area contributed by atoms with Crippen molar-refractivity contribution >= 4 is 11.9 Å². The molecule has 0 atom stereocenters. The van der Waals surface area contributed by atoms with E-state index in [0.29, 0.717) is 19.4 Å². The van der Waals surface area contributed by atoms with Gasteiger partial charge in [0.05, 0.1) is 6.54 Å². The third-order valence-corrected chi connectivity index (χ3v) is 1.37. The van der Waals surface area contributed by atoms with Crippen molar-refractivity contribution in [2.24, 2.45) is 0 Å². The molecule has 1 aliphatic rings. The van der Waals surface area contributed by atoms with E-state index in [1.807, 2.05) is 0 Å². The van der Waals surface area contributed by atoms with Gasteiger partial charge in [0.25, 0.3) is 5.91 Å². The van der Waals surface area contributed by atoms with Gasteiger partial charge >= 0.3 is 5.97 Å². The van der Waals surface area contributed by atoms with Crippen LogP contribution in [-0.4, -0.2) is 35.2 Å². The van der Waals surface area contributed by atoms with Crippen LogP contribution < -0.4 is 0 Å². The number of carbonyl (C=O) groups excluding carboxylic acids is 2. The van der Waals surface area contributed by atoms with Crippen LogP contribution in [0.4, 0.5) is 0 Å². The quantitative estimate of drug-likeness (QED) is 0.564. The van der Waals surface area contributed by atoms with Crippen LogP contribution in [0.3, 0.4) is 0 Å². The van der Waals surface area contributed by atoms with Gasteiger partial charge in [0.1, 0.15) is 6.61 Å². The van der Waals surface area contributed by atoms with Gasteiger partial charge in [-0.3, -0.25) is 4.79 Å². The Kier molecular flexibility index (Phi) is 2.43. The second-order valence-corrected chi connectivity index (χ2v) is 2.22. The SMILES string of the molecule is O=C(CO)ON1CCCC1=O. The zero-order valence-electron chi connectivity index (χ0n) is 5.95. The summed E-state index contributed by atoms with van der Waals surface area (Å²) in [6.45, 7) is -0.256. The first-order valence-electron chi connectivity index (χ1n) is 3.36. The van der Waals surface area contributed by atoms with E-state index >= 15 is 0 Å². The summed E-state index contributed by atoms with van der Waals surface area (Å²) >= 11 is 0. The third kappa shape index (κ3) is 1.91. The second-order valence-electron chi connectivity index (χ2n) is 2.22. The van der Waals surface area contributed by atoms with Gasteiger partial charge in [0.15, 0.2) is 0 Å². The lowest BCUT2D eigenvalue weighted by atomic mass is 10.4. The molecule has 1 rings (SSSR count). The average molecular weight is 159 g/mol. The summed E-state index contributed by atoms with van der Waals surface area (Å²) in [4.78, 5) is 25.7. The number of aliphatic hydroxyl groups is 1. The number of carbonyl (C=O) groups is 2. The van der Waals surface area contributed by atoms with E-state index < -0.39 is 12.6 Å². The van der Waals surface area contributed by atoms with Crippen LogP contribution in [0.2, 0.25) is 0 Å². The Balaban J connectivity index is 2.36.